The Morgan fingerprint density at radius 3 is 2.10 bits per heavy atom. The van der Waals surface area contributed by atoms with E-state index >= 15 is 0 Å². The van der Waals surface area contributed by atoms with Gasteiger partial charge in [-0.05, 0) is 0 Å². The van der Waals surface area contributed by atoms with Gasteiger partial charge in [-0.25, -0.2) is 0 Å². The Morgan fingerprint density at radius 1 is 1.30 bits per heavy atom. The van der Waals surface area contributed by atoms with Crippen LogP contribution in [0.4, 0.5) is 12.9 Å². The second-order valence-corrected chi connectivity index (χ2v) is 1.76. The van der Waals surface area contributed by atoms with Crippen LogP contribution in [0.1, 0.15) is 12.8 Å². The van der Waals surface area contributed by atoms with Crippen molar-refractivity contribution < 1.29 is 64.3 Å². The fourth-order valence-electron chi connectivity index (χ4n) is 0.413. The summed E-state index contributed by atoms with van der Waals surface area (Å²) in [6.07, 6.45) is -0.838. The third-order valence-corrected chi connectivity index (χ3v) is 0.820. The van der Waals surface area contributed by atoms with Crippen molar-refractivity contribution >= 4 is 6.98 Å². The van der Waals surface area contributed by atoms with Gasteiger partial charge in [-0.2, -0.15) is 5.26 Å². The first-order valence-electron chi connectivity index (χ1n) is 2.64. The molecule has 0 aliphatic carbocycles. The van der Waals surface area contributed by atoms with E-state index in [9.17, 15) is 12.9 Å². The fraction of sp³-hybridized carbons (Fsp3) is 0.750. The van der Waals surface area contributed by atoms with Gasteiger partial charge in [-0.1, -0.05) is 12.7 Å². The van der Waals surface area contributed by atoms with Gasteiger partial charge in [0.05, 0.1) is 6.07 Å². The monoisotopic (exact) mass is 175 g/mol. The van der Waals surface area contributed by atoms with Crippen molar-refractivity contribution in [2.45, 2.75) is 19.2 Å². The first kappa shape index (κ1) is 13.6. The van der Waals surface area contributed by atoms with Gasteiger partial charge >= 0.3 is 58.4 Å². The summed E-state index contributed by atoms with van der Waals surface area (Å²) in [4.78, 5) is 0. The molecule has 0 aromatic rings. The van der Waals surface area contributed by atoms with Crippen molar-refractivity contribution in [3.63, 3.8) is 0 Å². The van der Waals surface area contributed by atoms with Crippen LogP contribution in [0.15, 0.2) is 0 Å². The maximum atomic E-state index is 11.3. The van der Waals surface area contributed by atoms with E-state index in [4.69, 9.17) is 5.26 Å². The molecule has 0 bridgehead atoms. The van der Waals surface area contributed by atoms with Crippen LogP contribution in [0.2, 0.25) is 6.32 Å². The Morgan fingerprint density at radius 2 is 1.80 bits per heavy atom. The molecule has 0 N–H and O–H groups in total. The topological polar surface area (TPSA) is 23.8 Å². The Hall–Kier alpha value is 0.981. The molecular formula is C4H6BF3KN. The summed E-state index contributed by atoms with van der Waals surface area (Å²) in [6.45, 7) is -4.66. The van der Waals surface area contributed by atoms with E-state index in [2.05, 4.69) is 0 Å². The molecule has 0 saturated heterocycles. The molecule has 0 fully saturated rings. The van der Waals surface area contributed by atoms with Crippen LogP contribution in [-0.2, 0) is 0 Å². The van der Waals surface area contributed by atoms with E-state index in [1.807, 2.05) is 0 Å². The molecule has 0 aliphatic heterocycles. The molecule has 0 atom stereocenters. The predicted molar refractivity (Wildman–Crippen MR) is 28.7 cm³/mol. The Balaban J connectivity index is 0. The molecule has 0 aromatic heterocycles. The number of hydrogen-bond donors (Lipinski definition) is 0. The molecule has 0 aliphatic rings. The minimum atomic E-state index is -4.66. The Kier molecular flexibility index (Phi) is 9.06. The molecular weight excluding hydrogens is 169 g/mol. The molecule has 0 heterocycles. The van der Waals surface area contributed by atoms with Gasteiger partial charge in [0, 0.05) is 6.42 Å². The molecule has 0 amide bonds. The first-order valence-corrected chi connectivity index (χ1v) is 2.64. The number of rotatable bonds is 3. The van der Waals surface area contributed by atoms with Crippen molar-refractivity contribution in [3.8, 4) is 6.07 Å². The maximum Gasteiger partial charge on any atom is 1.00 e. The number of unbranched alkanes of at least 4 members (excludes halogenated alkanes) is 1. The van der Waals surface area contributed by atoms with Gasteiger partial charge in [0.25, 0.3) is 0 Å². The summed E-state index contributed by atoms with van der Waals surface area (Å²) >= 11 is 0. The van der Waals surface area contributed by atoms with E-state index in [0.717, 1.165) is 0 Å². The standard InChI is InChI=1S/C4H6BF3N.K/c6-5(7,8)3-1-2-4-9;/h1-3H2;/q-1;+1. The number of nitrogens with zero attached hydrogens (tertiary/aromatic N) is 1. The third kappa shape index (κ3) is 11.7. The second kappa shape index (κ2) is 6.68. The molecule has 0 spiro atoms. The number of halogens is 3. The van der Waals surface area contributed by atoms with Crippen LogP contribution in [-0.4, -0.2) is 6.98 Å². The molecule has 1 nitrogen and oxygen atoms in total. The van der Waals surface area contributed by atoms with Crippen LogP contribution in [0, 0.1) is 11.3 Å². The van der Waals surface area contributed by atoms with E-state index < -0.39 is 13.3 Å². The van der Waals surface area contributed by atoms with Crippen molar-refractivity contribution in [3.05, 3.63) is 0 Å². The van der Waals surface area contributed by atoms with Gasteiger partial charge in [0.2, 0.25) is 0 Å². The summed E-state index contributed by atoms with van der Waals surface area (Å²) in [5.74, 6) is 0. The van der Waals surface area contributed by atoms with Crippen molar-refractivity contribution in [1.82, 2.24) is 0 Å². The second-order valence-electron chi connectivity index (χ2n) is 1.76. The molecule has 10 heavy (non-hydrogen) atoms. The fourth-order valence-corrected chi connectivity index (χ4v) is 0.413. The number of hydrogen-bond acceptors (Lipinski definition) is 1. The summed E-state index contributed by atoms with van der Waals surface area (Å²) in [7, 11) is 0. The predicted octanol–water partition coefficient (Wildman–Crippen LogP) is -0.858. The van der Waals surface area contributed by atoms with Crippen LogP contribution in [0.25, 0.3) is 0 Å². The zero-order chi connectivity index (χ0) is 7.33. The van der Waals surface area contributed by atoms with Gasteiger partial charge < -0.3 is 12.9 Å². The zero-order valence-electron chi connectivity index (χ0n) is 5.78. The normalized spacial score (nSPS) is 9.80. The molecule has 52 valence electrons. The van der Waals surface area contributed by atoms with Gasteiger partial charge in [-0.15, -0.1) is 0 Å². The maximum absolute atomic E-state index is 11.3. The average molecular weight is 175 g/mol. The quantitative estimate of drug-likeness (QED) is 0.404. The zero-order valence-corrected chi connectivity index (χ0v) is 8.90. The average Bonchev–Trinajstić information content (AvgIpc) is 1.63. The third-order valence-electron chi connectivity index (χ3n) is 0.820. The smallest absolute Gasteiger partial charge is 0.449 e. The minimum absolute atomic E-state index is 0. The SMILES string of the molecule is N#CCCC[B-](F)(F)F.[K+]. The van der Waals surface area contributed by atoms with E-state index in [0.29, 0.717) is 0 Å². The minimum Gasteiger partial charge on any atom is -0.449 e. The summed E-state index contributed by atoms with van der Waals surface area (Å²) in [5.41, 5.74) is 0. The summed E-state index contributed by atoms with van der Waals surface area (Å²) < 4.78 is 34.0. The molecule has 0 unspecified atom stereocenters. The first-order chi connectivity index (χ1) is 4.06. The van der Waals surface area contributed by atoms with Crippen molar-refractivity contribution in [2.75, 3.05) is 0 Å². The van der Waals surface area contributed by atoms with E-state index in [1.54, 1.807) is 6.07 Å². The summed E-state index contributed by atoms with van der Waals surface area (Å²) in [5, 5.41) is 7.85. The summed E-state index contributed by atoms with van der Waals surface area (Å²) in [6, 6.07) is 1.65. The van der Waals surface area contributed by atoms with Crippen molar-refractivity contribution in [2.24, 2.45) is 0 Å². The molecule has 0 aromatic carbocycles. The largest absolute Gasteiger partial charge is 1.00 e. The molecule has 6 heteroatoms. The Bertz CT molecular complexity index is 119. The van der Waals surface area contributed by atoms with Gasteiger partial charge in [0.1, 0.15) is 0 Å². The Labute approximate surface area is 100 Å². The van der Waals surface area contributed by atoms with Gasteiger partial charge in [-0.3, -0.25) is 0 Å². The molecule has 0 radical (unpaired) electrons. The van der Waals surface area contributed by atoms with Crippen molar-refractivity contribution in [1.29, 1.82) is 5.26 Å². The molecule has 0 saturated carbocycles. The van der Waals surface area contributed by atoms with E-state index in [1.165, 1.54) is 0 Å². The van der Waals surface area contributed by atoms with Gasteiger partial charge in [0.15, 0.2) is 0 Å². The van der Waals surface area contributed by atoms with Crippen LogP contribution >= 0.6 is 0 Å². The van der Waals surface area contributed by atoms with Crippen LogP contribution in [0.5, 0.6) is 0 Å². The molecule has 0 rings (SSSR count). The van der Waals surface area contributed by atoms with E-state index in [-0.39, 0.29) is 64.2 Å². The van der Waals surface area contributed by atoms with Crippen LogP contribution < -0.4 is 51.4 Å². The van der Waals surface area contributed by atoms with Crippen LogP contribution in [0.3, 0.4) is 0 Å². The number of nitriles is 1.